The van der Waals surface area contributed by atoms with Crippen molar-refractivity contribution in [1.82, 2.24) is 0 Å². The predicted octanol–water partition coefficient (Wildman–Crippen LogP) is 11.0. The third kappa shape index (κ3) is 3.52. The van der Waals surface area contributed by atoms with Crippen LogP contribution in [0.1, 0.15) is 38.2 Å². The molecule has 2 aliphatic heterocycles. The van der Waals surface area contributed by atoms with Gasteiger partial charge in [0.1, 0.15) is 0 Å². The number of rotatable bonds is 3. The molecule has 0 fully saturated rings. The van der Waals surface area contributed by atoms with Crippen molar-refractivity contribution in [1.29, 1.82) is 0 Å². The summed E-state index contributed by atoms with van der Waals surface area (Å²) in [5.41, 5.74) is 11.0. The molecule has 7 aromatic carbocycles. The number of carbonyl (C=O) groups excluding carboxylic acids is 1. The number of anilines is 6. The average molecular weight is 617 g/mol. The molecule has 1 aliphatic carbocycles. The lowest BCUT2D eigenvalue weighted by Crippen LogP contribution is -2.43. The molecular weight excluding hydrogens is 588 g/mol. The lowest BCUT2D eigenvalue weighted by Gasteiger charge is -2.50. The van der Waals surface area contributed by atoms with E-state index in [1.54, 1.807) is 0 Å². The Bertz CT molecular complexity index is 2330. The van der Waals surface area contributed by atoms with Gasteiger partial charge < -0.3 is 14.5 Å². The van der Waals surface area contributed by atoms with Crippen LogP contribution in [0.15, 0.2) is 170 Å². The van der Waals surface area contributed by atoms with Crippen molar-refractivity contribution in [3.05, 3.63) is 203 Å². The van der Waals surface area contributed by atoms with E-state index in [0.29, 0.717) is 0 Å². The molecule has 48 heavy (non-hydrogen) atoms. The molecule has 226 valence electrons. The first-order valence-corrected chi connectivity index (χ1v) is 16.2. The molecule has 1 spiro atoms. The minimum Gasteiger partial charge on any atom is -0.453 e. The van der Waals surface area contributed by atoms with Crippen LogP contribution in [-0.2, 0) is 5.41 Å². The maximum absolute atomic E-state index is 14.1. The zero-order chi connectivity index (χ0) is 31.8. The fraction of sp³-hybridized carbons (Fsp3) is 0.0227. The van der Waals surface area contributed by atoms with Gasteiger partial charge >= 0.3 is 0 Å². The topological polar surface area (TPSA) is 32.8 Å². The second kappa shape index (κ2) is 10.1. The molecule has 7 aromatic rings. The summed E-state index contributed by atoms with van der Waals surface area (Å²) in [6.45, 7) is 0. The molecular formula is C44H28N2O2. The Morgan fingerprint density at radius 3 is 1.71 bits per heavy atom. The minimum atomic E-state index is -0.767. The summed E-state index contributed by atoms with van der Waals surface area (Å²) in [5, 5.41) is 0. The van der Waals surface area contributed by atoms with E-state index in [9.17, 15) is 4.79 Å². The Labute approximate surface area is 278 Å². The number of ether oxygens (including phenoxy) is 1. The zero-order valence-electron chi connectivity index (χ0n) is 25.9. The Kier molecular flexibility index (Phi) is 5.61. The molecule has 2 heterocycles. The van der Waals surface area contributed by atoms with E-state index in [1.165, 1.54) is 0 Å². The van der Waals surface area contributed by atoms with E-state index in [4.69, 9.17) is 4.74 Å². The Morgan fingerprint density at radius 1 is 0.458 bits per heavy atom. The molecule has 0 atom stereocenters. The first-order chi connectivity index (χ1) is 23.7. The molecule has 0 saturated carbocycles. The van der Waals surface area contributed by atoms with Gasteiger partial charge in [-0.05, 0) is 76.9 Å². The second-order valence-electron chi connectivity index (χ2n) is 12.4. The molecule has 4 heteroatoms. The summed E-state index contributed by atoms with van der Waals surface area (Å²) in [4.78, 5) is 18.8. The van der Waals surface area contributed by atoms with Gasteiger partial charge in [0, 0.05) is 28.2 Å². The Balaban J connectivity index is 1.35. The highest BCUT2D eigenvalue weighted by atomic mass is 16.5. The number of fused-ring (bicyclic) bond motifs is 10. The molecule has 0 radical (unpaired) electrons. The normalized spacial score (nSPS) is 14.2. The lowest BCUT2D eigenvalue weighted by molar-refractivity contribution is 0.103. The van der Waals surface area contributed by atoms with E-state index < -0.39 is 5.41 Å². The number of benzene rings is 7. The number of hydrogen-bond acceptors (Lipinski definition) is 4. The molecule has 0 N–H and O–H groups in total. The van der Waals surface area contributed by atoms with E-state index in [0.717, 1.165) is 79.0 Å². The molecule has 0 saturated heterocycles. The van der Waals surface area contributed by atoms with Crippen LogP contribution in [0.4, 0.5) is 34.1 Å². The third-order valence-electron chi connectivity index (χ3n) is 10.0. The fourth-order valence-corrected chi connectivity index (χ4v) is 8.15. The minimum absolute atomic E-state index is 0.0538. The van der Waals surface area contributed by atoms with Crippen LogP contribution in [0, 0.1) is 0 Å². The molecule has 0 aromatic heterocycles. The monoisotopic (exact) mass is 616 g/mol. The van der Waals surface area contributed by atoms with Gasteiger partial charge in [-0.1, -0.05) is 115 Å². The van der Waals surface area contributed by atoms with Crippen molar-refractivity contribution in [2.75, 3.05) is 9.80 Å². The summed E-state index contributed by atoms with van der Waals surface area (Å²) in [6, 6.07) is 58.6. The van der Waals surface area contributed by atoms with Crippen LogP contribution in [-0.4, -0.2) is 5.78 Å². The molecule has 0 amide bonds. The van der Waals surface area contributed by atoms with Crippen LogP contribution in [0.25, 0.3) is 0 Å². The van der Waals surface area contributed by atoms with Gasteiger partial charge in [-0.15, -0.1) is 0 Å². The summed E-state index contributed by atoms with van der Waals surface area (Å²) in [6.07, 6.45) is 0. The van der Waals surface area contributed by atoms with E-state index >= 15 is 0 Å². The Morgan fingerprint density at radius 2 is 1.02 bits per heavy atom. The molecule has 10 rings (SSSR count). The maximum atomic E-state index is 14.1. The number of carbonyl (C=O) groups is 1. The van der Waals surface area contributed by atoms with Crippen LogP contribution >= 0.6 is 0 Å². The van der Waals surface area contributed by atoms with E-state index in [2.05, 4.69) is 131 Å². The first-order valence-electron chi connectivity index (χ1n) is 16.2. The molecule has 4 nitrogen and oxygen atoms in total. The van der Waals surface area contributed by atoms with Crippen LogP contribution < -0.4 is 14.5 Å². The smallest absolute Gasteiger partial charge is 0.193 e. The predicted molar refractivity (Wildman–Crippen MR) is 191 cm³/mol. The second-order valence-corrected chi connectivity index (χ2v) is 12.4. The van der Waals surface area contributed by atoms with Gasteiger partial charge in [0.15, 0.2) is 17.3 Å². The Hall–Kier alpha value is -6.39. The number of para-hydroxylation sites is 5. The standard InChI is InChI=1S/C44H28N2O2/c47-43-32-18-7-9-20-34(32)44(35-21-10-8-19-33(35)43)36-27-26-31(45(29-14-3-1-4-15-29)30-16-5-2-6-17-30)28-39(36)46-38-23-11-12-24-40(38)48-41-25-13-22-37(44)42(41)46/h1-28H. The van der Waals surface area contributed by atoms with Crippen molar-refractivity contribution in [2.24, 2.45) is 0 Å². The van der Waals surface area contributed by atoms with E-state index in [1.807, 2.05) is 48.5 Å². The highest BCUT2D eigenvalue weighted by molar-refractivity contribution is 6.15. The summed E-state index contributed by atoms with van der Waals surface area (Å²) >= 11 is 0. The zero-order valence-corrected chi connectivity index (χ0v) is 25.9. The highest BCUT2D eigenvalue weighted by Crippen LogP contribution is 2.65. The SMILES string of the molecule is O=C1c2ccccc2C2(c3ccccc31)c1ccc(N(c3ccccc3)c3ccccc3)cc1N1c3ccccc3Oc3cccc2c31. The number of ketones is 1. The molecule has 3 aliphatic rings. The molecule has 0 bridgehead atoms. The quantitative estimate of drug-likeness (QED) is 0.198. The lowest BCUT2D eigenvalue weighted by atomic mass is 9.57. The van der Waals surface area contributed by atoms with Crippen molar-refractivity contribution < 1.29 is 9.53 Å². The van der Waals surface area contributed by atoms with Crippen LogP contribution in [0.5, 0.6) is 11.5 Å². The first kappa shape index (κ1) is 26.8. The van der Waals surface area contributed by atoms with Gasteiger partial charge in [-0.3, -0.25) is 4.79 Å². The van der Waals surface area contributed by atoms with E-state index in [-0.39, 0.29) is 5.78 Å². The van der Waals surface area contributed by atoms with Gasteiger partial charge in [0.05, 0.1) is 22.5 Å². The summed E-state index contributed by atoms with van der Waals surface area (Å²) in [5.74, 6) is 1.65. The van der Waals surface area contributed by atoms with Crippen molar-refractivity contribution in [3.8, 4) is 11.5 Å². The van der Waals surface area contributed by atoms with Crippen LogP contribution in [0.3, 0.4) is 0 Å². The van der Waals surface area contributed by atoms with Gasteiger partial charge in [-0.25, -0.2) is 0 Å². The van der Waals surface area contributed by atoms with Crippen molar-refractivity contribution >= 4 is 39.9 Å². The summed E-state index contributed by atoms with van der Waals surface area (Å²) in [7, 11) is 0. The molecule has 0 unspecified atom stereocenters. The number of nitrogens with zero attached hydrogens (tertiary/aromatic N) is 2. The third-order valence-corrected chi connectivity index (χ3v) is 10.0. The van der Waals surface area contributed by atoms with Crippen molar-refractivity contribution in [2.45, 2.75) is 5.41 Å². The van der Waals surface area contributed by atoms with Gasteiger partial charge in [0.2, 0.25) is 0 Å². The van der Waals surface area contributed by atoms with Gasteiger partial charge in [0.25, 0.3) is 0 Å². The van der Waals surface area contributed by atoms with Crippen molar-refractivity contribution in [3.63, 3.8) is 0 Å². The average Bonchev–Trinajstić information content (AvgIpc) is 3.15. The van der Waals surface area contributed by atoms with Crippen LogP contribution in [0.2, 0.25) is 0 Å². The maximum Gasteiger partial charge on any atom is 0.193 e. The largest absolute Gasteiger partial charge is 0.453 e. The number of hydrogen-bond donors (Lipinski definition) is 0. The summed E-state index contributed by atoms with van der Waals surface area (Å²) < 4.78 is 6.67. The highest BCUT2D eigenvalue weighted by Gasteiger charge is 2.53. The fourth-order valence-electron chi connectivity index (χ4n) is 8.15. The van der Waals surface area contributed by atoms with Gasteiger partial charge in [-0.2, -0.15) is 0 Å².